The molecule has 1 aromatic carbocycles. The van der Waals surface area contributed by atoms with Gasteiger partial charge >= 0.3 is 0 Å². The maximum Gasteiger partial charge on any atom is 0.260 e. The third kappa shape index (κ3) is 3.28. The average Bonchev–Trinajstić information content (AvgIpc) is 2.98. The predicted molar refractivity (Wildman–Crippen MR) is 103 cm³/mol. The van der Waals surface area contributed by atoms with Gasteiger partial charge < -0.3 is 4.98 Å². The molecule has 0 radical (unpaired) electrons. The van der Waals surface area contributed by atoms with Gasteiger partial charge in [0.15, 0.2) is 10.9 Å². The van der Waals surface area contributed by atoms with Gasteiger partial charge in [-0.3, -0.25) is 9.59 Å². The normalized spacial score (nSPS) is 16.8. The standard InChI is InChI=1S/C19H18N2O2S2/c1-11-7-8-13-15(9-11)25-18-16(13)17(23)20-19(21-18)24-10-14(22)12-5-3-2-4-6-12/h2-6,11H,7-10H2,1H3,(H,20,21,23). The number of H-pyrrole nitrogens is 1. The van der Waals surface area contributed by atoms with E-state index in [-0.39, 0.29) is 17.1 Å². The zero-order valence-electron chi connectivity index (χ0n) is 13.9. The van der Waals surface area contributed by atoms with Crippen LogP contribution in [0.2, 0.25) is 0 Å². The second-order valence-electron chi connectivity index (χ2n) is 6.48. The van der Waals surface area contributed by atoms with Gasteiger partial charge in [0.05, 0.1) is 11.1 Å². The lowest BCUT2D eigenvalue weighted by Crippen LogP contribution is -2.13. The van der Waals surface area contributed by atoms with Gasteiger partial charge in [0, 0.05) is 10.4 Å². The highest BCUT2D eigenvalue weighted by Gasteiger charge is 2.23. The maximum absolute atomic E-state index is 12.5. The molecule has 0 aliphatic heterocycles. The Morgan fingerprint density at radius 1 is 1.36 bits per heavy atom. The topological polar surface area (TPSA) is 62.8 Å². The molecule has 1 aliphatic carbocycles. The van der Waals surface area contributed by atoms with E-state index in [1.165, 1.54) is 22.2 Å². The zero-order chi connectivity index (χ0) is 17.4. The first kappa shape index (κ1) is 16.5. The summed E-state index contributed by atoms with van der Waals surface area (Å²) in [5, 5.41) is 1.28. The van der Waals surface area contributed by atoms with E-state index in [9.17, 15) is 9.59 Å². The lowest BCUT2D eigenvalue weighted by Gasteiger charge is -2.17. The number of carbonyl (C=O) groups excluding carboxylic acids is 1. The third-order valence-corrected chi connectivity index (χ3v) is 6.60. The Morgan fingerprint density at radius 3 is 2.96 bits per heavy atom. The van der Waals surface area contributed by atoms with E-state index in [0.717, 1.165) is 29.5 Å². The fourth-order valence-corrected chi connectivity index (χ4v) is 5.44. The van der Waals surface area contributed by atoms with E-state index in [0.29, 0.717) is 16.6 Å². The molecular weight excluding hydrogens is 352 g/mol. The second kappa shape index (κ2) is 6.77. The highest BCUT2D eigenvalue weighted by molar-refractivity contribution is 7.99. The van der Waals surface area contributed by atoms with Crippen LogP contribution < -0.4 is 5.56 Å². The molecule has 6 heteroatoms. The Kier molecular flexibility index (Phi) is 4.48. The van der Waals surface area contributed by atoms with Crippen LogP contribution in [-0.2, 0) is 12.8 Å². The molecular formula is C19H18N2O2S2. The first-order valence-electron chi connectivity index (χ1n) is 8.37. The summed E-state index contributed by atoms with van der Waals surface area (Å²) in [6.07, 6.45) is 3.12. The summed E-state index contributed by atoms with van der Waals surface area (Å²) < 4.78 is 0. The number of nitrogens with zero attached hydrogens (tertiary/aromatic N) is 1. The number of hydrogen-bond acceptors (Lipinski definition) is 5. The number of fused-ring (bicyclic) bond motifs is 3. The minimum atomic E-state index is -0.0771. The molecule has 4 nitrogen and oxygen atoms in total. The van der Waals surface area contributed by atoms with E-state index in [4.69, 9.17) is 0 Å². The van der Waals surface area contributed by atoms with Crippen molar-refractivity contribution in [2.24, 2.45) is 5.92 Å². The first-order chi connectivity index (χ1) is 12.1. The minimum absolute atomic E-state index is 0.0349. The van der Waals surface area contributed by atoms with Crippen LogP contribution >= 0.6 is 23.1 Å². The second-order valence-corrected chi connectivity index (χ2v) is 8.53. The fourth-order valence-electron chi connectivity index (χ4n) is 3.24. The Morgan fingerprint density at radius 2 is 2.16 bits per heavy atom. The molecule has 0 amide bonds. The van der Waals surface area contributed by atoms with Gasteiger partial charge in [0.1, 0.15) is 4.83 Å². The van der Waals surface area contributed by atoms with Crippen LogP contribution in [-0.4, -0.2) is 21.5 Å². The van der Waals surface area contributed by atoms with Crippen molar-refractivity contribution < 1.29 is 4.79 Å². The summed E-state index contributed by atoms with van der Waals surface area (Å²) in [6.45, 7) is 2.25. The van der Waals surface area contributed by atoms with Gasteiger partial charge in [-0.1, -0.05) is 49.0 Å². The number of thioether (sulfide) groups is 1. The third-order valence-electron chi connectivity index (χ3n) is 4.58. The molecule has 1 N–H and O–H groups in total. The van der Waals surface area contributed by atoms with Crippen LogP contribution in [0.1, 0.15) is 34.1 Å². The number of carbonyl (C=O) groups is 1. The lowest BCUT2D eigenvalue weighted by atomic mass is 9.89. The number of benzene rings is 1. The Balaban J connectivity index is 1.59. The molecule has 25 heavy (non-hydrogen) atoms. The van der Waals surface area contributed by atoms with Crippen molar-refractivity contribution in [3.8, 4) is 0 Å². The van der Waals surface area contributed by atoms with E-state index < -0.39 is 0 Å². The number of Topliss-reactive ketones (excluding diaryl/α,β-unsaturated/α-hetero) is 1. The summed E-state index contributed by atoms with van der Waals surface area (Å²) in [5.41, 5.74) is 1.79. The van der Waals surface area contributed by atoms with Crippen LogP contribution in [0.15, 0.2) is 40.3 Å². The highest BCUT2D eigenvalue weighted by atomic mass is 32.2. The largest absolute Gasteiger partial charge is 0.301 e. The van der Waals surface area contributed by atoms with Crippen molar-refractivity contribution in [2.45, 2.75) is 31.3 Å². The van der Waals surface area contributed by atoms with Crippen molar-refractivity contribution in [1.29, 1.82) is 0 Å². The Hall–Kier alpha value is -1.92. The summed E-state index contributed by atoms with van der Waals surface area (Å²) in [7, 11) is 0. The number of aromatic nitrogens is 2. The number of nitrogens with one attached hydrogen (secondary N) is 1. The number of aromatic amines is 1. The molecule has 1 atom stereocenters. The minimum Gasteiger partial charge on any atom is -0.301 e. The van der Waals surface area contributed by atoms with E-state index >= 15 is 0 Å². The first-order valence-corrected chi connectivity index (χ1v) is 10.2. The molecule has 4 rings (SSSR count). The van der Waals surface area contributed by atoms with Crippen molar-refractivity contribution in [1.82, 2.24) is 9.97 Å². The smallest absolute Gasteiger partial charge is 0.260 e. The molecule has 1 aliphatic rings. The van der Waals surface area contributed by atoms with Crippen LogP contribution in [0.3, 0.4) is 0 Å². The molecule has 0 fully saturated rings. The number of ketones is 1. The van der Waals surface area contributed by atoms with Gasteiger partial charge in [0.25, 0.3) is 5.56 Å². The number of hydrogen-bond donors (Lipinski definition) is 1. The number of rotatable bonds is 4. The van der Waals surface area contributed by atoms with Crippen LogP contribution in [0.4, 0.5) is 0 Å². The maximum atomic E-state index is 12.5. The molecule has 3 aromatic rings. The monoisotopic (exact) mass is 370 g/mol. The van der Waals surface area contributed by atoms with Crippen molar-refractivity contribution in [3.05, 3.63) is 56.7 Å². The van der Waals surface area contributed by atoms with E-state index in [1.54, 1.807) is 23.5 Å². The highest BCUT2D eigenvalue weighted by Crippen LogP contribution is 2.36. The summed E-state index contributed by atoms with van der Waals surface area (Å²) in [4.78, 5) is 34.3. The summed E-state index contributed by atoms with van der Waals surface area (Å²) in [6, 6.07) is 9.19. The number of thiophene rings is 1. The quantitative estimate of drug-likeness (QED) is 0.427. The van der Waals surface area contributed by atoms with Crippen molar-refractivity contribution in [2.75, 3.05) is 5.75 Å². The van der Waals surface area contributed by atoms with Gasteiger partial charge in [-0.05, 0) is 30.7 Å². The van der Waals surface area contributed by atoms with Crippen molar-refractivity contribution >= 4 is 39.1 Å². The predicted octanol–water partition coefficient (Wildman–Crippen LogP) is 4.08. The van der Waals surface area contributed by atoms with Gasteiger partial charge in [0.2, 0.25) is 0 Å². The molecule has 1 unspecified atom stereocenters. The van der Waals surface area contributed by atoms with Crippen LogP contribution in [0, 0.1) is 5.92 Å². The molecule has 2 heterocycles. The Labute approximate surface area is 153 Å². The van der Waals surface area contributed by atoms with Gasteiger partial charge in [-0.15, -0.1) is 11.3 Å². The molecule has 0 saturated heterocycles. The van der Waals surface area contributed by atoms with Gasteiger partial charge in [-0.25, -0.2) is 4.98 Å². The average molecular weight is 370 g/mol. The van der Waals surface area contributed by atoms with Crippen LogP contribution in [0.5, 0.6) is 0 Å². The molecule has 0 bridgehead atoms. The molecule has 0 spiro atoms. The number of aryl methyl sites for hydroxylation is 1. The molecule has 0 saturated carbocycles. The van der Waals surface area contributed by atoms with E-state index in [1.807, 2.05) is 18.2 Å². The molecule has 128 valence electrons. The van der Waals surface area contributed by atoms with Crippen molar-refractivity contribution in [3.63, 3.8) is 0 Å². The molecule has 2 aromatic heterocycles. The van der Waals surface area contributed by atoms with Crippen LogP contribution in [0.25, 0.3) is 10.2 Å². The SMILES string of the molecule is CC1CCc2c(sc3nc(SCC(=O)c4ccccc4)[nH]c(=O)c23)C1. The zero-order valence-corrected chi connectivity index (χ0v) is 15.5. The summed E-state index contributed by atoms with van der Waals surface area (Å²) >= 11 is 2.92. The van der Waals surface area contributed by atoms with E-state index in [2.05, 4.69) is 16.9 Å². The fraction of sp³-hybridized carbons (Fsp3) is 0.316. The Bertz CT molecular complexity index is 992. The summed E-state index contributed by atoms with van der Waals surface area (Å²) in [5.74, 6) is 0.963. The van der Waals surface area contributed by atoms with Gasteiger partial charge in [-0.2, -0.15) is 0 Å². The lowest BCUT2D eigenvalue weighted by molar-refractivity contribution is 0.102.